The van der Waals surface area contributed by atoms with Crippen molar-refractivity contribution >= 4 is 17.2 Å². The normalized spacial score (nSPS) is 20.6. The molecule has 1 unspecified atom stereocenters. The minimum atomic E-state index is -0.335. The summed E-state index contributed by atoms with van der Waals surface area (Å²) in [6.45, 7) is 3.36. The van der Waals surface area contributed by atoms with Crippen LogP contribution < -0.4 is 0 Å². The molecule has 1 aliphatic heterocycles. The van der Waals surface area contributed by atoms with Crippen LogP contribution in [0.4, 0.5) is 0 Å². The van der Waals surface area contributed by atoms with Gasteiger partial charge in [0.2, 0.25) is 0 Å². The number of nitrogens with zero attached hydrogens (tertiary/aromatic N) is 5. The molecule has 0 saturated carbocycles. The van der Waals surface area contributed by atoms with E-state index in [0.29, 0.717) is 24.0 Å². The number of likely N-dealkylation sites (tertiary alicyclic amines) is 1. The molecule has 3 aromatic heterocycles. The molecule has 1 fully saturated rings. The summed E-state index contributed by atoms with van der Waals surface area (Å²) < 4.78 is 5.43. The van der Waals surface area contributed by atoms with E-state index in [-0.39, 0.29) is 11.3 Å². The van der Waals surface area contributed by atoms with Gasteiger partial charge in [-0.3, -0.25) is 9.78 Å². The molecule has 1 aliphatic rings. The lowest BCUT2D eigenvalue weighted by atomic mass is 9.81. The van der Waals surface area contributed by atoms with Crippen LogP contribution in [0.15, 0.2) is 39.9 Å². The van der Waals surface area contributed by atoms with Crippen LogP contribution in [-0.2, 0) is 5.41 Å². The van der Waals surface area contributed by atoms with Crippen LogP contribution in [0.2, 0.25) is 0 Å². The molecule has 3 aromatic rings. The highest BCUT2D eigenvalue weighted by Crippen LogP contribution is 2.33. The molecule has 1 atom stereocenters. The number of hydrogen-bond acceptors (Lipinski definition) is 7. The fraction of sp³-hybridized carbons (Fsp3) is 0.353. The van der Waals surface area contributed by atoms with E-state index >= 15 is 0 Å². The minimum absolute atomic E-state index is 0.0370. The number of thiazole rings is 1. The van der Waals surface area contributed by atoms with Crippen molar-refractivity contribution in [1.82, 2.24) is 25.0 Å². The number of carbonyl (C=O) groups excluding carboxylic acids is 1. The van der Waals surface area contributed by atoms with Gasteiger partial charge in [-0.25, -0.2) is 4.98 Å². The molecule has 0 aromatic carbocycles. The molecule has 8 heteroatoms. The highest BCUT2D eigenvalue weighted by molar-refractivity contribution is 7.07. The Bertz CT molecular complexity index is 864. The van der Waals surface area contributed by atoms with Crippen LogP contribution in [0.25, 0.3) is 11.5 Å². The Hall–Kier alpha value is -2.61. The predicted molar refractivity (Wildman–Crippen MR) is 92.1 cm³/mol. The fourth-order valence-corrected chi connectivity index (χ4v) is 3.68. The number of piperidine rings is 1. The molecule has 25 heavy (non-hydrogen) atoms. The molecule has 128 valence electrons. The molecular formula is C17H17N5O2S. The molecule has 0 N–H and O–H groups in total. The van der Waals surface area contributed by atoms with E-state index in [1.165, 1.54) is 11.3 Å². The average Bonchev–Trinajstić information content (AvgIpc) is 3.34. The van der Waals surface area contributed by atoms with Gasteiger partial charge in [0.1, 0.15) is 5.69 Å². The van der Waals surface area contributed by atoms with E-state index in [9.17, 15) is 4.79 Å². The first kappa shape index (κ1) is 15.9. The van der Waals surface area contributed by atoms with Crippen molar-refractivity contribution in [2.45, 2.75) is 25.2 Å². The van der Waals surface area contributed by atoms with Gasteiger partial charge in [0, 0.05) is 41.8 Å². The monoisotopic (exact) mass is 355 g/mol. The van der Waals surface area contributed by atoms with Crippen LogP contribution in [0, 0.1) is 0 Å². The molecule has 0 aliphatic carbocycles. The van der Waals surface area contributed by atoms with Crippen molar-refractivity contribution in [3.8, 4) is 11.5 Å². The Balaban J connectivity index is 1.57. The first-order valence-electron chi connectivity index (χ1n) is 8.08. The lowest BCUT2D eigenvalue weighted by molar-refractivity contribution is 0.0637. The summed E-state index contributed by atoms with van der Waals surface area (Å²) in [5.74, 6) is 1.07. The molecule has 0 radical (unpaired) electrons. The number of pyridine rings is 1. The van der Waals surface area contributed by atoms with Gasteiger partial charge in [-0.2, -0.15) is 4.98 Å². The van der Waals surface area contributed by atoms with Gasteiger partial charge in [0.15, 0.2) is 5.82 Å². The maximum Gasteiger partial charge on any atom is 0.273 e. The summed E-state index contributed by atoms with van der Waals surface area (Å²) in [7, 11) is 0. The maximum atomic E-state index is 12.6. The lowest BCUT2D eigenvalue weighted by Crippen LogP contribution is -2.47. The van der Waals surface area contributed by atoms with E-state index in [1.54, 1.807) is 23.3 Å². The van der Waals surface area contributed by atoms with Crippen molar-refractivity contribution < 1.29 is 9.32 Å². The number of aromatic nitrogens is 4. The van der Waals surface area contributed by atoms with Gasteiger partial charge in [-0.15, -0.1) is 11.3 Å². The molecule has 7 nitrogen and oxygen atoms in total. The van der Waals surface area contributed by atoms with Crippen molar-refractivity contribution in [1.29, 1.82) is 0 Å². The topological polar surface area (TPSA) is 85.0 Å². The third-order valence-electron chi connectivity index (χ3n) is 4.53. The van der Waals surface area contributed by atoms with Crippen LogP contribution in [0.5, 0.6) is 0 Å². The smallest absolute Gasteiger partial charge is 0.273 e. The first-order chi connectivity index (χ1) is 12.2. The van der Waals surface area contributed by atoms with Crippen LogP contribution in [0.1, 0.15) is 36.1 Å². The van der Waals surface area contributed by atoms with Crippen LogP contribution >= 0.6 is 11.3 Å². The molecular weight excluding hydrogens is 338 g/mol. The van der Waals surface area contributed by atoms with Gasteiger partial charge < -0.3 is 9.42 Å². The Kier molecular flexibility index (Phi) is 4.04. The van der Waals surface area contributed by atoms with Gasteiger partial charge in [-0.05, 0) is 25.0 Å². The maximum absolute atomic E-state index is 12.6. The lowest BCUT2D eigenvalue weighted by Gasteiger charge is -2.38. The number of amides is 1. The third kappa shape index (κ3) is 3.05. The highest BCUT2D eigenvalue weighted by Gasteiger charge is 2.39. The zero-order valence-electron chi connectivity index (χ0n) is 13.8. The van der Waals surface area contributed by atoms with Crippen LogP contribution in [-0.4, -0.2) is 44.0 Å². The first-order valence-corrected chi connectivity index (χ1v) is 9.02. The van der Waals surface area contributed by atoms with Gasteiger partial charge in [-0.1, -0.05) is 12.1 Å². The molecule has 0 spiro atoms. The summed E-state index contributed by atoms with van der Waals surface area (Å²) in [5, 5.41) is 5.97. The fourth-order valence-electron chi connectivity index (χ4n) is 3.16. The second-order valence-electron chi connectivity index (χ2n) is 6.42. The van der Waals surface area contributed by atoms with Crippen LogP contribution in [0.3, 0.4) is 0 Å². The Labute approximate surface area is 148 Å². The average molecular weight is 355 g/mol. The molecule has 0 bridgehead atoms. The Morgan fingerprint density at radius 3 is 2.96 bits per heavy atom. The molecule has 1 saturated heterocycles. The quantitative estimate of drug-likeness (QED) is 0.718. The predicted octanol–water partition coefficient (Wildman–Crippen LogP) is 2.78. The minimum Gasteiger partial charge on any atom is -0.336 e. The SMILES string of the molecule is CC1(c2noc(-c3ccncc3)n2)CCCN(C(=O)c2cscn2)C1. The third-order valence-corrected chi connectivity index (χ3v) is 5.11. The van der Waals surface area contributed by atoms with E-state index in [0.717, 1.165) is 24.9 Å². The van der Waals surface area contributed by atoms with Crippen molar-refractivity contribution in [2.75, 3.05) is 13.1 Å². The second-order valence-corrected chi connectivity index (χ2v) is 7.14. The summed E-state index contributed by atoms with van der Waals surface area (Å²) in [6, 6.07) is 3.66. The van der Waals surface area contributed by atoms with Gasteiger partial charge in [0.05, 0.1) is 5.51 Å². The zero-order chi connectivity index (χ0) is 17.3. The van der Waals surface area contributed by atoms with Crippen molar-refractivity contribution in [2.24, 2.45) is 0 Å². The summed E-state index contributed by atoms with van der Waals surface area (Å²) >= 11 is 1.43. The zero-order valence-corrected chi connectivity index (χ0v) is 14.6. The van der Waals surface area contributed by atoms with Gasteiger partial charge >= 0.3 is 0 Å². The summed E-state index contributed by atoms with van der Waals surface area (Å²) in [6.07, 6.45) is 5.18. The Morgan fingerprint density at radius 2 is 2.20 bits per heavy atom. The van der Waals surface area contributed by atoms with E-state index in [2.05, 4.69) is 27.0 Å². The molecule has 4 heterocycles. The summed E-state index contributed by atoms with van der Waals surface area (Å²) in [4.78, 5) is 27.1. The highest BCUT2D eigenvalue weighted by atomic mass is 32.1. The van der Waals surface area contributed by atoms with E-state index < -0.39 is 0 Å². The van der Waals surface area contributed by atoms with Crippen molar-refractivity contribution in [3.05, 3.63) is 46.9 Å². The molecule has 4 rings (SSSR count). The van der Waals surface area contributed by atoms with Crippen molar-refractivity contribution in [3.63, 3.8) is 0 Å². The molecule has 1 amide bonds. The number of rotatable bonds is 3. The van der Waals surface area contributed by atoms with E-state index in [1.807, 2.05) is 17.0 Å². The second kappa shape index (κ2) is 6.36. The standard InChI is InChI=1S/C17H17N5O2S/c1-17(16-20-14(24-21-16)12-3-6-18-7-4-12)5-2-8-22(10-17)15(23)13-9-25-11-19-13/h3-4,6-7,9,11H,2,5,8,10H2,1H3. The number of hydrogen-bond donors (Lipinski definition) is 0. The largest absolute Gasteiger partial charge is 0.336 e. The van der Waals surface area contributed by atoms with Gasteiger partial charge in [0.25, 0.3) is 11.8 Å². The Morgan fingerprint density at radius 1 is 1.36 bits per heavy atom. The van der Waals surface area contributed by atoms with E-state index in [4.69, 9.17) is 4.52 Å². The summed E-state index contributed by atoms with van der Waals surface area (Å²) in [5.41, 5.74) is 2.68. The number of carbonyl (C=O) groups is 1.